The first-order valence-corrected chi connectivity index (χ1v) is 23.1. The monoisotopic (exact) mass is 864 g/mol. The van der Waals surface area contributed by atoms with Gasteiger partial charge in [-0.25, -0.2) is 9.97 Å². The first-order chi connectivity index (χ1) is 30.0. The van der Waals surface area contributed by atoms with E-state index in [-0.39, 0.29) is 47.5 Å². The molecule has 0 spiro atoms. The largest absolute Gasteiger partial charge is 0.340 e. The molecule has 10 nitrogen and oxygen atoms in total. The predicted octanol–water partition coefficient (Wildman–Crippen LogP) is 9.95. The molecule has 6 aromatic rings. The van der Waals surface area contributed by atoms with Crippen LogP contribution in [0.1, 0.15) is 98.7 Å². The maximum Gasteiger partial charge on any atom is 0.250 e. The predicted molar refractivity (Wildman–Crippen MR) is 246 cm³/mol. The molecule has 2 saturated heterocycles. The van der Waals surface area contributed by atoms with E-state index >= 15 is 0 Å². The van der Waals surface area contributed by atoms with Crippen molar-refractivity contribution in [3.63, 3.8) is 0 Å². The number of thiazole rings is 2. The maximum absolute atomic E-state index is 14.1. The Morgan fingerprint density at radius 2 is 0.887 bits per heavy atom. The maximum atomic E-state index is 14.1. The highest BCUT2D eigenvalue weighted by atomic mass is 32.1. The summed E-state index contributed by atoms with van der Waals surface area (Å²) in [6, 6.07) is 34.1. The van der Waals surface area contributed by atoms with Crippen molar-refractivity contribution in [2.45, 2.75) is 77.5 Å². The van der Waals surface area contributed by atoms with Crippen molar-refractivity contribution in [1.29, 1.82) is 0 Å². The molecule has 8 rings (SSSR count). The van der Waals surface area contributed by atoms with Crippen LogP contribution in [0.15, 0.2) is 122 Å². The first-order valence-electron chi connectivity index (χ1n) is 21.5. The average Bonchev–Trinajstić information content (AvgIpc) is 4.15. The Kier molecular flexibility index (Phi) is 13.1. The molecule has 318 valence electrons. The number of amides is 4. The summed E-state index contributed by atoms with van der Waals surface area (Å²) in [6.45, 7) is 8.56. The highest BCUT2D eigenvalue weighted by molar-refractivity contribution is 7.15. The minimum Gasteiger partial charge on any atom is -0.340 e. The van der Waals surface area contributed by atoms with Crippen LogP contribution in [0.5, 0.6) is 0 Å². The van der Waals surface area contributed by atoms with Crippen LogP contribution in [-0.4, -0.2) is 56.5 Å². The molecule has 4 amide bonds. The Bertz CT molecular complexity index is 2330. The zero-order chi connectivity index (χ0) is 43.3. The molecule has 2 fully saturated rings. The van der Waals surface area contributed by atoms with Gasteiger partial charge in [0.05, 0.1) is 21.8 Å². The van der Waals surface area contributed by atoms with Crippen LogP contribution in [0.3, 0.4) is 0 Å². The Morgan fingerprint density at radius 1 is 0.532 bits per heavy atom. The molecule has 12 heteroatoms. The van der Waals surface area contributed by atoms with E-state index in [2.05, 4.69) is 59.2 Å². The second-order valence-corrected chi connectivity index (χ2v) is 18.8. The van der Waals surface area contributed by atoms with Crippen LogP contribution in [0.4, 0.5) is 0 Å². The Hall–Kier alpha value is -5.98. The lowest BCUT2D eigenvalue weighted by Crippen LogP contribution is -2.43. The molecule has 4 aromatic carbocycles. The van der Waals surface area contributed by atoms with Gasteiger partial charge in [0.1, 0.15) is 22.1 Å². The summed E-state index contributed by atoms with van der Waals surface area (Å²) in [5.41, 5.74) is 5.85. The van der Waals surface area contributed by atoms with Crippen LogP contribution in [0, 0.1) is 11.8 Å². The summed E-state index contributed by atoms with van der Waals surface area (Å²) < 4.78 is 0. The SMILES string of the molecule is CC(C)C(=O)N[C@H](C(=O)N1CCC[C@H]1c1ncc(-c2ccc(-c3ccc(-c4cnc([C@@H]5CCCN5C(=O)[C@H](NC(=O)C(C)C)c5ccccc5)s4)cc3)cc2)s1)c1ccccc1. The van der Waals surface area contributed by atoms with Gasteiger partial charge >= 0.3 is 0 Å². The number of hydrogen-bond donors (Lipinski definition) is 2. The molecule has 0 unspecified atom stereocenters. The minimum atomic E-state index is -0.752. The highest BCUT2D eigenvalue weighted by Crippen LogP contribution is 2.41. The molecular formula is C50H52N6O4S2. The number of carbonyl (C=O) groups excluding carboxylic acids is 4. The first kappa shape index (κ1) is 42.7. The summed E-state index contributed by atoms with van der Waals surface area (Å²) in [6.07, 6.45) is 7.19. The van der Waals surface area contributed by atoms with Gasteiger partial charge in [-0.3, -0.25) is 19.2 Å². The number of aromatic nitrogens is 2. The van der Waals surface area contributed by atoms with Gasteiger partial charge in [-0.1, -0.05) is 137 Å². The lowest BCUT2D eigenvalue weighted by atomic mass is 10.0. The van der Waals surface area contributed by atoms with Crippen LogP contribution >= 0.6 is 22.7 Å². The quantitative estimate of drug-likeness (QED) is 0.119. The van der Waals surface area contributed by atoms with Crippen LogP contribution in [-0.2, 0) is 19.2 Å². The Morgan fingerprint density at radius 3 is 1.24 bits per heavy atom. The van der Waals surface area contributed by atoms with Gasteiger partial charge in [-0.15, -0.1) is 22.7 Å². The number of nitrogens with one attached hydrogen (secondary N) is 2. The van der Waals surface area contributed by atoms with E-state index in [1.807, 2.05) is 111 Å². The molecule has 0 bridgehead atoms. The molecule has 0 radical (unpaired) electrons. The fourth-order valence-electron chi connectivity index (χ4n) is 8.19. The van der Waals surface area contributed by atoms with Crippen LogP contribution < -0.4 is 10.6 Å². The van der Waals surface area contributed by atoms with Gasteiger partial charge in [-0.2, -0.15) is 0 Å². The summed E-state index contributed by atoms with van der Waals surface area (Å²) in [4.78, 5) is 69.3. The third kappa shape index (κ3) is 9.27. The van der Waals surface area contributed by atoms with E-state index in [0.717, 1.165) is 78.8 Å². The number of likely N-dealkylation sites (tertiary alicyclic amines) is 2. The number of benzene rings is 4. The normalized spacial score (nSPS) is 17.3. The van der Waals surface area contributed by atoms with E-state index < -0.39 is 12.1 Å². The van der Waals surface area contributed by atoms with Crippen molar-refractivity contribution in [3.05, 3.63) is 143 Å². The molecule has 2 aromatic heterocycles. The molecular weight excluding hydrogens is 813 g/mol. The van der Waals surface area contributed by atoms with Gasteiger partial charge in [0, 0.05) is 37.3 Å². The van der Waals surface area contributed by atoms with Gasteiger partial charge < -0.3 is 20.4 Å². The molecule has 4 atom stereocenters. The molecule has 0 aliphatic carbocycles. The highest BCUT2D eigenvalue weighted by Gasteiger charge is 2.38. The Labute approximate surface area is 371 Å². The molecule has 2 aliphatic heterocycles. The third-order valence-electron chi connectivity index (χ3n) is 11.7. The second-order valence-electron chi connectivity index (χ2n) is 16.7. The fraction of sp³-hybridized carbons (Fsp3) is 0.320. The van der Waals surface area contributed by atoms with E-state index in [1.165, 1.54) is 0 Å². The number of rotatable bonds is 13. The van der Waals surface area contributed by atoms with Crippen molar-refractivity contribution in [2.75, 3.05) is 13.1 Å². The molecule has 4 heterocycles. The molecule has 0 saturated carbocycles. The summed E-state index contributed by atoms with van der Waals surface area (Å²) in [7, 11) is 0. The lowest BCUT2D eigenvalue weighted by Gasteiger charge is -2.29. The average molecular weight is 865 g/mol. The summed E-state index contributed by atoms with van der Waals surface area (Å²) in [5.74, 6) is -1.00. The standard InChI is InChI=1S/C50H52N6O4S2/c1-31(2)45(57)53-43(37-13-7-5-8-14-37)49(59)55-27-11-17-39(55)47-51-29-41(61-47)35-23-19-33(20-24-35)34-21-25-36(26-22-34)42-30-52-48(62-42)40-18-12-28-56(40)50(60)44(54-46(58)32(3)4)38-15-9-6-10-16-38/h5-10,13-16,19-26,29-32,39-40,43-44H,11-12,17-18,27-28H2,1-4H3,(H,53,57)(H,54,58)/t39-,40-,43-,44+/m0/s1. The van der Waals surface area contributed by atoms with Gasteiger partial charge in [0.25, 0.3) is 0 Å². The second kappa shape index (κ2) is 19.0. The zero-order valence-corrected chi connectivity index (χ0v) is 37.1. The van der Waals surface area contributed by atoms with E-state index in [1.54, 1.807) is 22.7 Å². The van der Waals surface area contributed by atoms with E-state index in [0.29, 0.717) is 13.1 Å². The lowest BCUT2D eigenvalue weighted by molar-refractivity contribution is -0.138. The zero-order valence-electron chi connectivity index (χ0n) is 35.5. The summed E-state index contributed by atoms with van der Waals surface area (Å²) >= 11 is 3.22. The van der Waals surface area contributed by atoms with Crippen LogP contribution in [0.2, 0.25) is 0 Å². The van der Waals surface area contributed by atoms with Gasteiger partial charge in [0.15, 0.2) is 0 Å². The van der Waals surface area contributed by atoms with Crippen molar-refractivity contribution < 1.29 is 19.2 Å². The van der Waals surface area contributed by atoms with Crippen molar-refractivity contribution in [2.24, 2.45) is 11.8 Å². The summed E-state index contributed by atoms with van der Waals surface area (Å²) in [5, 5.41) is 7.80. The number of carbonyl (C=O) groups is 4. The smallest absolute Gasteiger partial charge is 0.250 e. The third-order valence-corrected chi connectivity index (χ3v) is 14.0. The molecule has 2 aliphatic rings. The molecule has 62 heavy (non-hydrogen) atoms. The topological polar surface area (TPSA) is 125 Å². The fourth-order valence-corrected chi connectivity index (χ4v) is 10.3. The van der Waals surface area contributed by atoms with Crippen molar-refractivity contribution in [1.82, 2.24) is 30.4 Å². The molecule has 2 N–H and O–H groups in total. The van der Waals surface area contributed by atoms with Crippen molar-refractivity contribution >= 4 is 46.3 Å². The number of hydrogen-bond acceptors (Lipinski definition) is 8. The van der Waals surface area contributed by atoms with Crippen molar-refractivity contribution in [3.8, 4) is 32.0 Å². The van der Waals surface area contributed by atoms with Gasteiger partial charge in [-0.05, 0) is 59.1 Å². The van der Waals surface area contributed by atoms with Gasteiger partial charge in [0.2, 0.25) is 23.6 Å². The van der Waals surface area contributed by atoms with Crippen LogP contribution in [0.25, 0.3) is 32.0 Å². The Balaban J connectivity index is 0.929. The van der Waals surface area contributed by atoms with E-state index in [4.69, 9.17) is 9.97 Å². The minimum absolute atomic E-state index is 0.106. The van der Waals surface area contributed by atoms with E-state index in [9.17, 15) is 19.2 Å². The number of nitrogens with zero attached hydrogens (tertiary/aromatic N) is 4.